The third-order valence-corrected chi connectivity index (χ3v) is 3.52. The summed E-state index contributed by atoms with van der Waals surface area (Å²) in [4.78, 5) is 24.7. The van der Waals surface area contributed by atoms with Crippen LogP contribution in [-0.2, 0) is 4.79 Å². The van der Waals surface area contributed by atoms with Crippen molar-refractivity contribution in [1.82, 2.24) is 4.90 Å². The van der Waals surface area contributed by atoms with Gasteiger partial charge in [0, 0.05) is 13.1 Å². The van der Waals surface area contributed by atoms with Gasteiger partial charge in [0.1, 0.15) is 5.25 Å². The van der Waals surface area contributed by atoms with E-state index in [0.717, 1.165) is 17.3 Å². The fourth-order valence-electron chi connectivity index (χ4n) is 1.62. The van der Waals surface area contributed by atoms with Gasteiger partial charge in [-0.05, 0) is 17.3 Å². The number of imide groups is 1. The second-order valence-corrected chi connectivity index (χ2v) is 4.51. The summed E-state index contributed by atoms with van der Waals surface area (Å²) in [5.41, 5.74) is 6.23. The van der Waals surface area contributed by atoms with E-state index in [1.165, 1.54) is 4.90 Å². The molecule has 1 aliphatic heterocycles. The third-order valence-electron chi connectivity index (χ3n) is 2.38. The Balaban J connectivity index is 0.00000144. The van der Waals surface area contributed by atoms with Gasteiger partial charge < -0.3 is 5.73 Å². The average molecular weight is 317 g/mol. The van der Waals surface area contributed by atoms with Gasteiger partial charge in [-0.3, -0.25) is 14.5 Å². The van der Waals surface area contributed by atoms with Crippen LogP contribution in [0.25, 0.3) is 0 Å². The molecular weight excluding hydrogens is 304 g/mol. The van der Waals surface area contributed by atoms with Crippen LogP contribution in [0.5, 0.6) is 0 Å². The van der Waals surface area contributed by atoms with Crippen LogP contribution < -0.4 is 5.73 Å². The molecule has 1 aliphatic rings. The number of benzene rings is 1. The highest BCUT2D eigenvalue weighted by Gasteiger charge is 2.39. The van der Waals surface area contributed by atoms with Gasteiger partial charge >= 0.3 is 0 Å². The summed E-state index contributed by atoms with van der Waals surface area (Å²) in [6.07, 6.45) is 0. The topological polar surface area (TPSA) is 63.4 Å². The molecule has 1 aromatic carbocycles. The van der Waals surface area contributed by atoms with Crippen molar-refractivity contribution in [3.8, 4) is 0 Å². The SMILES string of the molecule is Br.NCCN1C(=O)SC(c2ccccc2)C1=O. The molecule has 0 saturated carbocycles. The summed E-state index contributed by atoms with van der Waals surface area (Å²) >= 11 is 1.06. The van der Waals surface area contributed by atoms with Crippen LogP contribution >= 0.6 is 28.7 Å². The van der Waals surface area contributed by atoms with Crippen molar-refractivity contribution in [2.45, 2.75) is 5.25 Å². The second kappa shape index (κ2) is 6.18. The Labute approximate surface area is 114 Å². The molecule has 1 fully saturated rings. The summed E-state index contributed by atoms with van der Waals surface area (Å²) in [7, 11) is 0. The van der Waals surface area contributed by atoms with Gasteiger partial charge in [-0.2, -0.15) is 0 Å². The molecule has 1 unspecified atom stereocenters. The number of nitrogens with two attached hydrogens (primary N) is 1. The van der Waals surface area contributed by atoms with Gasteiger partial charge in [0.05, 0.1) is 0 Å². The molecule has 0 aromatic heterocycles. The molecule has 6 heteroatoms. The number of hydrogen-bond acceptors (Lipinski definition) is 4. The van der Waals surface area contributed by atoms with Crippen LogP contribution in [0.15, 0.2) is 30.3 Å². The largest absolute Gasteiger partial charge is 0.329 e. The predicted octanol–water partition coefficient (Wildman–Crippen LogP) is 1.96. The van der Waals surface area contributed by atoms with Crippen molar-refractivity contribution in [3.63, 3.8) is 0 Å². The van der Waals surface area contributed by atoms with E-state index >= 15 is 0 Å². The van der Waals surface area contributed by atoms with Gasteiger partial charge in [0.2, 0.25) is 5.91 Å². The molecule has 17 heavy (non-hydrogen) atoms. The zero-order chi connectivity index (χ0) is 11.5. The van der Waals surface area contributed by atoms with Crippen molar-refractivity contribution in [2.75, 3.05) is 13.1 Å². The Hall–Kier alpha value is -0.850. The Bertz CT molecular complexity index is 413. The second-order valence-electron chi connectivity index (χ2n) is 3.45. The first kappa shape index (κ1) is 14.2. The average Bonchev–Trinajstić information content (AvgIpc) is 2.59. The number of amides is 2. The highest BCUT2D eigenvalue weighted by atomic mass is 79.9. The van der Waals surface area contributed by atoms with Gasteiger partial charge in [0.25, 0.3) is 5.24 Å². The monoisotopic (exact) mass is 316 g/mol. The van der Waals surface area contributed by atoms with Crippen molar-refractivity contribution < 1.29 is 9.59 Å². The van der Waals surface area contributed by atoms with Crippen molar-refractivity contribution in [2.24, 2.45) is 5.73 Å². The number of halogens is 1. The molecular formula is C11H13BrN2O2S. The zero-order valence-corrected chi connectivity index (χ0v) is 11.6. The van der Waals surface area contributed by atoms with Gasteiger partial charge in [-0.1, -0.05) is 30.3 Å². The third kappa shape index (κ3) is 2.88. The van der Waals surface area contributed by atoms with Crippen LogP contribution in [0.3, 0.4) is 0 Å². The highest BCUT2D eigenvalue weighted by molar-refractivity contribution is 8.93. The van der Waals surface area contributed by atoms with Crippen LogP contribution in [0.4, 0.5) is 4.79 Å². The number of nitrogens with zero attached hydrogens (tertiary/aromatic N) is 1. The number of thioether (sulfide) groups is 1. The molecule has 0 spiro atoms. The standard InChI is InChI=1S/C11H12N2O2S.BrH/c12-6-7-13-10(14)9(16-11(13)15)8-4-2-1-3-5-8;/h1-5,9H,6-7,12H2;1H. The summed E-state index contributed by atoms with van der Waals surface area (Å²) in [6.45, 7) is 0.605. The van der Waals surface area contributed by atoms with E-state index in [9.17, 15) is 9.59 Å². The van der Waals surface area contributed by atoms with Gasteiger partial charge in [0.15, 0.2) is 0 Å². The summed E-state index contributed by atoms with van der Waals surface area (Å²) < 4.78 is 0. The smallest absolute Gasteiger partial charge is 0.289 e. The maximum absolute atomic E-state index is 11.9. The van der Waals surface area contributed by atoms with E-state index < -0.39 is 5.25 Å². The fraction of sp³-hybridized carbons (Fsp3) is 0.273. The van der Waals surface area contributed by atoms with E-state index in [0.29, 0.717) is 13.1 Å². The minimum atomic E-state index is -0.403. The maximum Gasteiger partial charge on any atom is 0.289 e. The van der Waals surface area contributed by atoms with Crippen molar-refractivity contribution in [1.29, 1.82) is 0 Å². The molecule has 1 heterocycles. The Kier molecular flexibility index (Phi) is 5.17. The first-order chi connectivity index (χ1) is 7.74. The number of carbonyl (C=O) groups excluding carboxylic acids is 2. The van der Waals surface area contributed by atoms with E-state index in [1.807, 2.05) is 30.3 Å². The number of hydrogen-bond donors (Lipinski definition) is 1. The molecule has 1 aromatic rings. The quantitative estimate of drug-likeness (QED) is 0.926. The summed E-state index contributed by atoms with van der Waals surface area (Å²) in [6, 6.07) is 9.31. The lowest BCUT2D eigenvalue weighted by molar-refractivity contribution is -0.126. The molecule has 0 radical (unpaired) electrons. The maximum atomic E-state index is 11.9. The number of rotatable bonds is 3. The molecule has 1 saturated heterocycles. The summed E-state index contributed by atoms with van der Waals surface area (Å²) in [5, 5.41) is -0.607. The lowest BCUT2D eigenvalue weighted by Crippen LogP contribution is -2.34. The van der Waals surface area contributed by atoms with Crippen molar-refractivity contribution in [3.05, 3.63) is 35.9 Å². The van der Waals surface area contributed by atoms with E-state index in [4.69, 9.17) is 5.73 Å². The Morgan fingerprint density at radius 1 is 1.24 bits per heavy atom. The van der Waals surface area contributed by atoms with E-state index in [-0.39, 0.29) is 28.1 Å². The molecule has 2 N–H and O–H groups in total. The Morgan fingerprint density at radius 3 is 2.47 bits per heavy atom. The van der Waals surface area contributed by atoms with Crippen LogP contribution in [0, 0.1) is 0 Å². The summed E-state index contributed by atoms with van der Waals surface area (Å²) in [5.74, 6) is -0.161. The molecule has 92 valence electrons. The molecule has 0 aliphatic carbocycles. The minimum Gasteiger partial charge on any atom is -0.329 e. The lowest BCUT2D eigenvalue weighted by Gasteiger charge is -2.11. The molecule has 2 amide bonds. The number of carbonyl (C=O) groups is 2. The van der Waals surface area contributed by atoms with Crippen LogP contribution in [-0.4, -0.2) is 29.1 Å². The van der Waals surface area contributed by atoms with Crippen LogP contribution in [0.2, 0.25) is 0 Å². The van der Waals surface area contributed by atoms with Gasteiger partial charge in [-0.25, -0.2) is 0 Å². The molecule has 0 bridgehead atoms. The first-order valence-electron chi connectivity index (χ1n) is 5.01. The highest BCUT2D eigenvalue weighted by Crippen LogP contribution is 2.38. The zero-order valence-electron chi connectivity index (χ0n) is 9.04. The van der Waals surface area contributed by atoms with Crippen LogP contribution in [0.1, 0.15) is 10.8 Å². The normalized spacial score (nSPS) is 19.4. The molecule has 2 rings (SSSR count). The lowest BCUT2D eigenvalue weighted by atomic mass is 10.1. The predicted molar refractivity (Wildman–Crippen MR) is 73.3 cm³/mol. The first-order valence-corrected chi connectivity index (χ1v) is 5.89. The molecule has 4 nitrogen and oxygen atoms in total. The Morgan fingerprint density at radius 2 is 1.88 bits per heavy atom. The van der Waals surface area contributed by atoms with E-state index in [2.05, 4.69) is 0 Å². The minimum absolute atomic E-state index is 0. The molecule has 1 atom stereocenters. The van der Waals surface area contributed by atoms with Crippen molar-refractivity contribution >= 4 is 39.9 Å². The fourth-order valence-corrected chi connectivity index (χ4v) is 2.65. The van der Waals surface area contributed by atoms with Gasteiger partial charge in [-0.15, -0.1) is 17.0 Å². The van der Waals surface area contributed by atoms with E-state index in [1.54, 1.807) is 0 Å².